The molecule has 1 aromatic carbocycles. The average Bonchev–Trinajstić information content (AvgIpc) is 2.99. The summed E-state index contributed by atoms with van der Waals surface area (Å²) >= 11 is 5.26. The lowest BCUT2D eigenvalue weighted by molar-refractivity contribution is 0.124. The van der Waals surface area contributed by atoms with Gasteiger partial charge in [0.15, 0.2) is 0 Å². The summed E-state index contributed by atoms with van der Waals surface area (Å²) in [6.07, 6.45) is 2.02. The van der Waals surface area contributed by atoms with E-state index in [4.69, 9.17) is 18.0 Å². The van der Waals surface area contributed by atoms with Crippen LogP contribution in [-0.4, -0.2) is 40.7 Å². The van der Waals surface area contributed by atoms with E-state index in [0.717, 1.165) is 32.5 Å². The highest BCUT2D eigenvalue weighted by atomic mass is 32.1. The number of thiocarbonyl (C=S) groups is 1. The molecule has 1 aromatic rings. The number of hydrogen-bond donors (Lipinski definition) is 2. The van der Waals surface area contributed by atoms with Crippen LogP contribution in [0.1, 0.15) is 24.3 Å². The van der Waals surface area contributed by atoms with Crippen LogP contribution in [0.25, 0.3) is 0 Å². The van der Waals surface area contributed by atoms with Crippen molar-refractivity contribution in [2.24, 2.45) is 17.6 Å². The van der Waals surface area contributed by atoms with Gasteiger partial charge in [0.1, 0.15) is 0 Å². The maximum atomic E-state index is 10.0. The molecule has 2 fully saturated rings. The summed E-state index contributed by atoms with van der Waals surface area (Å²) < 4.78 is 0. The van der Waals surface area contributed by atoms with Crippen molar-refractivity contribution in [2.75, 3.05) is 19.6 Å². The second-order valence-corrected chi connectivity index (χ2v) is 6.62. The van der Waals surface area contributed by atoms with Crippen LogP contribution in [0.2, 0.25) is 0 Å². The minimum absolute atomic E-state index is 0.106. The van der Waals surface area contributed by atoms with Gasteiger partial charge >= 0.3 is 0 Å². The molecule has 0 spiro atoms. The first-order valence-corrected chi connectivity index (χ1v) is 7.80. The number of aliphatic hydroxyl groups is 1. The molecule has 2 aliphatic rings. The number of nitrogens with two attached hydrogens (primary N) is 1. The van der Waals surface area contributed by atoms with Crippen LogP contribution in [0.5, 0.6) is 0 Å². The highest BCUT2D eigenvalue weighted by molar-refractivity contribution is 7.80. The van der Waals surface area contributed by atoms with Gasteiger partial charge in [0.05, 0.1) is 11.1 Å². The number of fused-ring (bicyclic) bond motifs is 1. The Labute approximate surface area is 125 Å². The molecule has 1 aliphatic heterocycles. The van der Waals surface area contributed by atoms with Gasteiger partial charge < -0.3 is 15.7 Å². The van der Waals surface area contributed by atoms with E-state index in [0.29, 0.717) is 16.8 Å². The summed E-state index contributed by atoms with van der Waals surface area (Å²) in [5.41, 5.74) is 7.14. The van der Waals surface area contributed by atoms with E-state index >= 15 is 0 Å². The fourth-order valence-corrected chi connectivity index (χ4v) is 3.99. The summed E-state index contributed by atoms with van der Waals surface area (Å²) in [5.74, 6) is 1.23. The van der Waals surface area contributed by atoms with Crippen molar-refractivity contribution in [2.45, 2.75) is 24.9 Å². The third kappa shape index (κ3) is 2.73. The zero-order valence-electron chi connectivity index (χ0n) is 11.6. The highest BCUT2D eigenvalue weighted by Crippen LogP contribution is 2.38. The van der Waals surface area contributed by atoms with Crippen LogP contribution >= 0.6 is 12.2 Å². The molecule has 20 heavy (non-hydrogen) atoms. The first kappa shape index (κ1) is 14.0. The molecule has 0 aromatic heterocycles. The van der Waals surface area contributed by atoms with Gasteiger partial charge in [0, 0.05) is 31.5 Å². The fraction of sp³-hybridized carbons (Fsp3) is 0.562. The molecule has 3 nitrogen and oxygen atoms in total. The summed E-state index contributed by atoms with van der Waals surface area (Å²) in [7, 11) is 0. The molecule has 3 N–H and O–H groups in total. The first-order valence-electron chi connectivity index (χ1n) is 7.40. The maximum absolute atomic E-state index is 10.0. The topological polar surface area (TPSA) is 49.5 Å². The van der Waals surface area contributed by atoms with Gasteiger partial charge in [-0.3, -0.25) is 0 Å². The van der Waals surface area contributed by atoms with Gasteiger partial charge in [0.25, 0.3) is 0 Å². The molecule has 4 unspecified atom stereocenters. The van der Waals surface area contributed by atoms with Crippen LogP contribution in [0.3, 0.4) is 0 Å². The zero-order valence-corrected chi connectivity index (χ0v) is 12.4. The Morgan fingerprint density at radius 1 is 1.30 bits per heavy atom. The Morgan fingerprint density at radius 3 is 2.70 bits per heavy atom. The number of aliphatic hydroxyl groups excluding tert-OH is 1. The summed E-state index contributed by atoms with van der Waals surface area (Å²) in [4.78, 5) is 2.99. The minimum Gasteiger partial charge on any atom is -0.393 e. The van der Waals surface area contributed by atoms with E-state index in [1.54, 1.807) is 0 Å². The Kier molecular flexibility index (Phi) is 4.06. The third-order valence-electron chi connectivity index (χ3n) is 4.88. The molecule has 3 rings (SSSR count). The predicted molar refractivity (Wildman–Crippen MR) is 84.6 cm³/mol. The molecule has 1 saturated heterocycles. The molecule has 0 radical (unpaired) electrons. The second-order valence-electron chi connectivity index (χ2n) is 6.15. The Bertz CT molecular complexity index is 479. The molecule has 4 heteroatoms. The number of hydrogen-bond acceptors (Lipinski definition) is 3. The van der Waals surface area contributed by atoms with Gasteiger partial charge in [-0.05, 0) is 24.3 Å². The molecule has 4 atom stereocenters. The second kappa shape index (κ2) is 5.80. The highest BCUT2D eigenvalue weighted by Gasteiger charge is 2.42. The van der Waals surface area contributed by atoms with Gasteiger partial charge in [-0.25, -0.2) is 0 Å². The zero-order chi connectivity index (χ0) is 14.1. The van der Waals surface area contributed by atoms with Gasteiger partial charge in [-0.2, -0.15) is 0 Å². The molecule has 1 heterocycles. The maximum Gasteiger partial charge on any atom is 0.0816 e. The monoisotopic (exact) mass is 290 g/mol. The Morgan fingerprint density at radius 2 is 2.05 bits per heavy atom. The molecule has 1 saturated carbocycles. The van der Waals surface area contributed by atoms with Crippen molar-refractivity contribution in [1.29, 1.82) is 0 Å². The Hall–Kier alpha value is -0.970. The van der Waals surface area contributed by atoms with Gasteiger partial charge in [-0.1, -0.05) is 42.5 Å². The van der Waals surface area contributed by atoms with Crippen LogP contribution in [0.4, 0.5) is 0 Å². The van der Waals surface area contributed by atoms with E-state index in [1.165, 1.54) is 5.56 Å². The lowest BCUT2D eigenvalue weighted by Gasteiger charge is -2.24. The van der Waals surface area contributed by atoms with E-state index in [1.807, 2.05) is 18.2 Å². The predicted octanol–water partition coefficient (Wildman–Crippen LogP) is 1.76. The summed E-state index contributed by atoms with van der Waals surface area (Å²) in [6, 6.07) is 10.3. The lowest BCUT2D eigenvalue weighted by atomic mass is 9.98. The number of nitrogens with zero attached hydrogens (tertiary/aromatic N) is 1. The van der Waals surface area contributed by atoms with E-state index in [-0.39, 0.29) is 12.0 Å². The normalized spacial score (nSPS) is 31.1. The third-order valence-corrected chi connectivity index (χ3v) is 5.17. The van der Waals surface area contributed by atoms with Crippen LogP contribution in [-0.2, 0) is 0 Å². The van der Waals surface area contributed by atoms with Crippen molar-refractivity contribution in [1.82, 2.24) is 4.90 Å². The van der Waals surface area contributed by atoms with Crippen molar-refractivity contribution < 1.29 is 5.11 Å². The van der Waals surface area contributed by atoms with Crippen LogP contribution < -0.4 is 5.73 Å². The number of benzene rings is 1. The van der Waals surface area contributed by atoms with E-state index < -0.39 is 0 Å². The Balaban J connectivity index is 1.68. The van der Waals surface area contributed by atoms with Crippen molar-refractivity contribution >= 4 is 17.2 Å². The number of rotatable bonds is 4. The number of likely N-dealkylation sites (tertiary alicyclic amines) is 1. The van der Waals surface area contributed by atoms with Gasteiger partial charge in [0.2, 0.25) is 0 Å². The first-order chi connectivity index (χ1) is 9.65. The molecular weight excluding hydrogens is 268 g/mol. The van der Waals surface area contributed by atoms with Gasteiger partial charge in [-0.15, -0.1) is 0 Å². The summed E-state index contributed by atoms with van der Waals surface area (Å²) in [5, 5.41) is 10.0. The molecule has 1 aliphatic carbocycles. The summed E-state index contributed by atoms with van der Waals surface area (Å²) in [6.45, 7) is 2.94. The van der Waals surface area contributed by atoms with Crippen molar-refractivity contribution in [3.63, 3.8) is 0 Å². The fourth-order valence-electron chi connectivity index (χ4n) is 3.78. The quantitative estimate of drug-likeness (QED) is 0.830. The van der Waals surface area contributed by atoms with Crippen molar-refractivity contribution in [3.05, 3.63) is 35.9 Å². The molecular formula is C16H22N2OS. The van der Waals surface area contributed by atoms with Crippen LogP contribution in [0.15, 0.2) is 30.3 Å². The van der Waals surface area contributed by atoms with E-state index in [9.17, 15) is 5.11 Å². The standard InChI is InChI=1S/C16H22N2OS/c17-16(20)14(11-4-2-1-3-5-11)10-18-8-12-6-7-15(19)13(12)9-18/h1-5,12-15,19H,6-10H2,(H2,17,20). The van der Waals surface area contributed by atoms with Crippen molar-refractivity contribution in [3.8, 4) is 0 Å². The SMILES string of the molecule is NC(=S)C(CN1CC2CCC(O)C2C1)c1ccccc1. The molecule has 0 bridgehead atoms. The molecule has 108 valence electrons. The molecule has 0 amide bonds. The lowest BCUT2D eigenvalue weighted by Crippen LogP contribution is -2.34. The van der Waals surface area contributed by atoms with E-state index in [2.05, 4.69) is 17.0 Å². The average molecular weight is 290 g/mol. The minimum atomic E-state index is -0.106. The van der Waals surface area contributed by atoms with Crippen LogP contribution in [0, 0.1) is 11.8 Å². The smallest absolute Gasteiger partial charge is 0.0816 e. The largest absolute Gasteiger partial charge is 0.393 e.